The lowest BCUT2D eigenvalue weighted by atomic mass is 10.2. The number of hydrogen-bond acceptors (Lipinski definition) is 3. The molecule has 0 aliphatic heterocycles. The Morgan fingerprint density at radius 3 is 2.44 bits per heavy atom. The summed E-state index contributed by atoms with van der Waals surface area (Å²) < 4.78 is 11.2. The number of amides is 2. The van der Waals surface area contributed by atoms with Gasteiger partial charge >= 0.3 is 12.0 Å². The normalized spacial score (nSPS) is 13.7. The van der Waals surface area contributed by atoms with Gasteiger partial charge in [0, 0.05) is 41.4 Å². The predicted octanol–water partition coefficient (Wildman–Crippen LogP) is 0.650. The van der Waals surface area contributed by atoms with E-state index in [2.05, 4.69) is 5.32 Å². The Morgan fingerprint density at radius 1 is 1.39 bits per heavy atom. The first-order valence-corrected chi connectivity index (χ1v) is 7.52. The number of nitrogens with zero attached hydrogens (tertiary/aromatic N) is 1. The molecule has 106 valence electrons. The number of carboxylic acids is 1. The van der Waals surface area contributed by atoms with Crippen molar-refractivity contribution in [2.24, 2.45) is 0 Å². The summed E-state index contributed by atoms with van der Waals surface area (Å²) in [5, 5.41) is 11.3. The Hall–Kier alpha value is -1.11. The lowest BCUT2D eigenvalue weighted by Gasteiger charge is -2.27. The Morgan fingerprint density at radius 2 is 2.00 bits per heavy atom. The van der Waals surface area contributed by atoms with Crippen LogP contribution in [-0.4, -0.2) is 56.9 Å². The Bertz CT molecular complexity index is 309. The summed E-state index contributed by atoms with van der Waals surface area (Å²) in [6.45, 7) is 6.10. The monoisotopic (exact) mass is 278 g/mol. The standard InChI is InChI=1S/C11H22N2O4S/c1-4-13(9(3)8-10(14)15)11(16)12-6-7-18(17)5-2/h9H,4-8H2,1-3H3,(H,12,16)(H,14,15). The fourth-order valence-corrected chi connectivity index (χ4v) is 2.15. The van der Waals surface area contributed by atoms with E-state index in [0.717, 1.165) is 0 Å². The molecule has 0 saturated carbocycles. The van der Waals surface area contributed by atoms with Gasteiger partial charge in [-0.1, -0.05) is 6.92 Å². The quantitative estimate of drug-likeness (QED) is 0.682. The van der Waals surface area contributed by atoms with Crippen molar-refractivity contribution in [2.75, 3.05) is 24.6 Å². The van der Waals surface area contributed by atoms with Crippen LogP contribution < -0.4 is 5.32 Å². The van der Waals surface area contributed by atoms with E-state index in [0.29, 0.717) is 24.6 Å². The van der Waals surface area contributed by atoms with Gasteiger partial charge in [0.05, 0.1) is 6.42 Å². The summed E-state index contributed by atoms with van der Waals surface area (Å²) in [4.78, 5) is 23.8. The molecular formula is C11H22N2O4S. The summed E-state index contributed by atoms with van der Waals surface area (Å²) in [6.07, 6.45) is -0.0812. The van der Waals surface area contributed by atoms with E-state index in [9.17, 15) is 13.8 Å². The molecule has 2 N–H and O–H groups in total. The van der Waals surface area contributed by atoms with E-state index in [4.69, 9.17) is 5.11 Å². The Labute approximate surface area is 110 Å². The van der Waals surface area contributed by atoms with Gasteiger partial charge in [0.1, 0.15) is 0 Å². The molecule has 0 spiro atoms. The fourth-order valence-electron chi connectivity index (χ4n) is 1.54. The largest absolute Gasteiger partial charge is 0.481 e. The topological polar surface area (TPSA) is 86.7 Å². The van der Waals surface area contributed by atoms with Crippen LogP contribution in [0, 0.1) is 0 Å². The molecule has 0 saturated heterocycles. The maximum absolute atomic E-state index is 11.8. The minimum Gasteiger partial charge on any atom is -0.481 e. The van der Waals surface area contributed by atoms with E-state index in [1.54, 1.807) is 13.8 Å². The summed E-state index contributed by atoms with van der Waals surface area (Å²) in [5.41, 5.74) is 0. The number of carbonyl (C=O) groups excluding carboxylic acids is 1. The molecule has 2 amide bonds. The second-order valence-corrected chi connectivity index (χ2v) is 5.76. The number of nitrogens with one attached hydrogen (secondary N) is 1. The van der Waals surface area contributed by atoms with Crippen LogP contribution in [-0.2, 0) is 15.6 Å². The van der Waals surface area contributed by atoms with Crippen LogP contribution in [0.1, 0.15) is 27.2 Å². The second-order valence-electron chi connectivity index (χ2n) is 3.90. The van der Waals surface area contributed by atoms with Crippen LogP contribution in [0.4, 0.5) is 4.79 Å². The van der Waals surface area contributed by atoms with Crippen molar-refractivity contribution in [3.05, 3.63) is 0 Å². The summed E-state index contributed by atoms with van der Waals surface area (Å²) in [7, 11) is -0.906. The van der Waals surface area contributed by atoms with Crippen molar-refractivity contribution in [3.63, 3.8) is 0 Å². The molecule has 7 heteroatoms. The third-order valence-electron chi connectivity index (χ3n) is 2.53. The minimum absolute atomic E-state index is 0.0812. The van der Waals surface area contributed by atoms with E-state index in [-0.39, 0.29) is 18.5 Å². The van der Waals surface area contributed by atoms with Crippen molar-refractivity contribution in [1.82, 2.24) is 10.2 Å². The Balaban J connectivity index is 4.18. The average Bonchev–Trinajstić information content (AvgIpc) is 2.28. The smallest absolute Gasteiger partial charge is 0.317 e. The first-order chi connectivity index (χ1) is 8.42. The lowest BCUT2D eigenvalue weighted by molar-refractivity contribution is -0.138. The van der Waals surface area contributed by atoms with Gasteiger partial charge in [-0.15, -0.1) is 0 Å². The van der Waals surface area contributed by atoms with E-state index in [1.165, 1.54) is 4.90 Å². The molecule has 0 radical (unpaired) electrons. The highest BCUT2D eigenvalue weighted by molar-refractivity contribution is 7.84. The Kier molecular flexibility index (Phi) is 8.36. The van der Waals surface area contributed by atoms with Gasteiger partial charge in [-0.3, -0.25) is 9.00 Å². The van der Waals surface area contributed by atoms with E-state index < -0.39 is 16.8 Å². The molecule has 0 aliphatic carbocycles. The molecule has 0 fully saturated rings. The van der Waals surface area contributed by atoms with E-state index >= 15 is 0 Å². The lowest BCUT2D eigenvalue weighted by Crippen LogP contribution is -2.46. The summed E-state index contributed by atoms with van der Waals surface area (Å²) in [6, 6.07) is -0.663. The zero-order valence-electron chi connectivity index (χ0n) is 11.1. The predicted molar refractivity (Wildman–Crippen MR) is 71.0 cm³/mol. The van der Waals surface area contributed by atoms with Crippen LogP contribution in [0.2, 0.25) is 0 Å². The molecule has 0 rings (SSSR count). The number of carboxylic acid groups (broad SMARTS) is 1. The second kappa shape index (κ2) is 8.91. The maximum atomic E-state index is 11.8. The molecule has 0 heterocycles. The highest BCUT2D eigenvalue weighted by Gasteiger charge is 2.20. The SMILES string of the molecule is CCN(C(=O)NCCS(=O)CC)C(C)CC(=O)O. The van der Waals surface area contributed by atoms with E-state index in [1.807, 2.05) is 6.92 Å². The molecule has 6 nitrogen and oxygen atoms in total. The molecule has 0 aromatic heterocycles. The van der Waals surface area contributed by atoms with Crippen LogP contribution in [0.15, 0.2) is 0 Å². The third-order valence-corrected chi connectivity index (χ3v) is 3.83. The van der Waals surface area contributed by atoms with Crippen molar-refractivity contribution >= 4 is 22.8 Å². The zero-order valence-corrected chi connectivity index (χ0v) is 12.0. The van der Waals surface area contributed by atoms with Crippen LogP contribution in [0.25, 0.3) is 0 Å². The highest BCUT2D eigenvalue weighted by atomic mass is 32.2. The van der Waals surface area contributed by atoms with Crippen LogP contribution >= 0.6 is 0 Å². The van der Waals surface area contributed by atoms with Crippen molar-refractivity contribution < 1.29 is 18.9 Å². The zero-order chi connectivity index (χ0) is 14.1. The van der Waals surface area contributed by atoms with Crippen molar-refractivity contribution in [2.45, 2.75) is 33.2 Å². The van der Waals surface area contributed by atoms with Gasteiger partial charge in [0.2, 0.25) is 0 Å². The van der Waals surface area contributed by atoms with Crippen LogP contribution in [0.3, 0.4) is 0 Å². The summed E-state index contributed by atoms with van der Waals surface area (Å²) >= 11 is 0. The molecule has 0 aliphatic rings. The van der Waals surface area contributed by atoms with Crippen molar-refractivity contribution in [1.29, 1.82) is 0 Å². The third kappa shape index (κ3) is 6.58. The maximum Gasteiger partial charge on any atom is 0.317 e. The molecule has 2 unspecified atom stereocenters. The van der Waals surface area contributed by atoms with Gasteiger partial charge in [-0.2, -0.15) is 0 Å². The molecule has 0 bridgehead atoms. The van der Waals surface area contributed by atoms with Gasteiger partial charge in [-0.05, 0) is 13.8 Å². The molecule has 18 heavy (non-hydrogen) atoms. The van der Waals surface area contributed by atoms with Gasteiger partial charge in [-0.25, -0.2) is 4.79 Å². The van der Waals surface area contributed by atoms with Gasteiger partial charge in [0.25, 0.3) is 0 Å². The van der Waals surface area contributed by atoms with Gasteiger partial charge in [0.15, 0.2) is 0 Å². The number of aliphatic carboxylic acids is 1. The van der Waals surface area contributed by atoms with Crippen molar-refractivity contribution in [3.8, 4) is 0 Å². The first-order valence-electron chi connectivity index (χ1n) is 6.03. The molecule has 0 aromatic carbocycles. The molecule has 2 atom stereocenters. The number of rotatable bonds is 8. The molecule has 0 aromatic rings. The first kappa shape index (κ1) is 16.9. The van der Waals surface area contributed by atoms with Crippen LogP contribution in [0.5, 0.6) is 0 Å². The number of urea groups is 1. The summed E-state index contributed by atoms with van der Waals surface area (Å²) in [5.74, 6) is 0.0661. The van der Waals surface area contributed by atoms with Gasteiger partial charge < -0.3 is 15.3 Å². The number of carbonyl (C=O) groups is 2. The molecular weight excluding hydrogens is 256 g/mol. The highest BCUT2D eigenvalue weighted by Crippen LogP contribution is 2.04. The minimum atomic E-state index is -0.930. The fraction of sp³-hybridized carbons (Fsp3) is 0.818. The number of hydrogen-bond donors (Lipinski definition) is 2. The average molecular weight is 278 g/mol.